The van der Waals surface area contributed by atoms with Crippen LogP contribution in [0, 0.1) is 6.92 Å². The van der Waals surface area contributed by atoms with Crippen LogP contribution in [-0.2, 0) is 11.3 Å². The summed E-state index contributed by atoms with van der Waals surface area (Å²) < 4.78 is 0. The average molecular weight is 277 g/mol. The van der Waals surface area contributed by atoms with Crippen LogP contribution >= 0.6 is 11.3 Å². The topological polar surface area (TPSA) is 36.4 Å². The highest BCUT2D eigenvalue weighted by molar-refractivity contribution is 7.09. The number of hydrogen-bond acceptors (Lipinski definition) is 4. The predicted octanol–water partition coefficient (Wildman–Crippen LogP) is 1.81. The summed E-state index contributed by atoms with van der Waals surface area (Å²) in [5.74, 6) is 0.272. The van der Waals surface area contributed by atoms with Crippen LogP contribution in [0.5, 0.6) is 0 Å². The molecule has 0 N–H and O–H groups in total. The molecule has 0 bridgehead atoms. The molecule has 0 aromatic carbocycles. The Morgan fingerprint density at radius 3 is 3.11 bits per heavy atom. The first-order valence-corrected chi connectivity index (χ1v) is 7.62. The first kappa shape index (κ1) is 12.8. The van der Waals surface area contributed by atoms with Crippen molar-refractivity contribution in [1.29, 1.82) is 0 Å². The number of fused-ring (bicyclic) bond motifs is 1. The summed E-state index contributed by atoms with van der Waals surface area (Å²) >= 11 is 1.69. The second-order valence-electron chi connectivity index (χ2n) is 5.29. The van der Waals surface area contributed by atoms with E-state index in [2.05, 4.69) is 21.8 Å². The Hall–Kier alpha value is -1.20. The van der Waals surface area contributed by atoms with E-state index in [1.165, 1.54) is 0 Å². The van der Waals surface area contributed by atoms with Gasteiger partial charge >= 0.3 is 0 Å². The molecule has 1 aromatic heterocycles. The van der Waals surface area contributed by atoms with Crippen LogP contribution in [0.25, 0.3) is 0 Å². The highest BCUT2D eigenvalue weighted by Crippen LogP contribution is 2.33. The molecule has 2 atom stereocenters. The summed E-state index contributed by atoms with van der Waals surface area (Å²) in [5, 5.41) is 3.24. The Morgan fingerprint density at radius 1 is 1.58 bits per heavy atom. The van der Waals surface area contributed by atoms with E-state index in [1.54, 1.807) is 11.3 Å². The van der Waals surface area contributed by atoms with Gasteiger partial charge in [0.15, 0.2) is 0 Å². The normalized spacial score (nSPS) is 27.0. The quantitative estimate of drug-likeness (QED) is 0.788. The lowest BCUT2D eigenvalue weighted by Crippen LogP contribution is -2.37. The van der Waals surface area contributed by atoms with Crippen molar-refractivity contribution in [2.24, 2.45) is 0 Å². The molecule has 1 amide bonds. The van der Waals surface area contributed by atoms with Crippen LogP contribution in [0.3, 0.4) is 0 Å². The zero-order valence-electron chi connectivity index (χ0n) is 11.2. The minimum absolute atomic E-state index is 0.272. The van der Waals surface area contributed by atoms with Crippen LogP contribution < -0.4 is 0 Å². The molecule has 19 heavy (non-hydrogen) atoms. The molecule has 3 heterocycles. The summed E-state index contributed by atoms with van der Waals surface area (Å²) in [6.45, 7) is 8.40. The van der Waals surface area contributed by atoms with Crippen molar-refractivity contribution in [2.75, 3.05) is 13.1 Å². The largest absolute Gasteiger partial charge is 0.334 e. The molecule has 2 aliphatic heterocycles. The third-order valence-electron chi connectivity index (χ3n) is 4.09. The SMILES string of the molecule is C=CCN1C(=O)C[C@@H]2[C@@H]1CCN2Cc1csc(C)n1. The van der Waals surface area contributed by atoms with E-state index in [0.717, 1.165) is 30.2 Å². The van der Waals surface area contributed by atoms with Crippen LogP contribution in [-0.4, -0.2) is 45.9 Å². The zero-order chi connectivity index (χ0) is 13.4. The van der Waals surface area contributed by atoms with Gasteiger partial charge in [-0.2, -0.15) is 0 Å². The number of rotatable bonds is 4. The second kappa shape index (κ2) is 5.06. The van der Waals surface area contributed by atoms with E-state index < -0.39 is 0 Å². The van der Waals surface area contributed by atoms with Gasteiger partial charge in [0.2, 0.25) is 5.91 Å². The van der Waals surface area contributed by atoms with Crippen molar-refractivity contribution in [1.82, 2.24) is 14.8 Å². The van der Waals surface area contributed by atoms with Gasteiger partial charge in [-0.05, 0) is 13.3 Å². The Balaban J connectivity index is 1.70. The number of hydrogen-bond donors (Lipinski definition) is 0. The Morgan fingerprint density at radius 2 is 2.42 bits per heavy atom. The fourth-order valence-electron chi connectivity index (χ4n) is 3.27. The number of likely N-dealkylation sites (tertiary alicyclic amines) is 2. The Labute approximate surface area is 117 Å². The third-order valence-corrected chi connectivity index (χ3v) is 4.91. The fourth-order valence-corrected chi connectivity index (χ4v) is 3.87. The van der Waals surface area contributed by atoms with Crippen molar-refractivity contribution >= 4 is 17.2 Å². The molecule has 0 saturated carbocycles. The van der Waals surface area contributed by atoms with Gasteiger partial charge in [0, 0.05) is 43.5 Å². The maximum Gasteiger partial charge on any atom is 0.224 e. The summed E-state index contributed by atoms with van der Waals surface area (Å²) in [5.41, 5.74) is 1.14. The summed E-state index contributed by atoms with van der Waals surface area (Å²) in [6, 6.07) is 0.750. The van der Waals surface area contributed by atoms with Gasteiger partial charge in [0.1, 0.15) is 0 Å². The molecule has 102 valence electrons. The molecular formula is C14H19N3OS. The average Bonchev–Trinajstić information content (AvgIpc) is 3.02. The summed E-state index contributed by atoms with van der Waals surface area (Å²) in [6.07, 6.45) is 3.56. The van der Waals surface area contributed by atoms with Gasteiger partial charge in [0.25, 0.3) is 0 Å². The molecule has 0 aliphatic carbocycles. The van der Waals surface area contributed by atoms with Crippen LogP contribution in [0.2, 0.25) is 0 Å². The van der Waals surface area contributed by atoms with Gasteiger partial charge in [-0.25, -0.2) is 4.98 Å². The minimum atomic E-state index is 0.272. The number of thiazole rings is 1. The smallest absolute Gasteiger partial charge is 0.224 e. The Kier molecular flexibility index (Phi) is 3.41. The lowest BCUT2D eigenvalue weighted by atomic mass is 10.1. The molecule has 0 spiro atoms. The van der Waals surface area contributed by atoms with Crippen molar-refractivity contribution in [3.8, 4) is 0 Å². The first-order chi connectivity index (χ1) is 9.19. The maximum absolute atomic E-state index is 12.0. The number of nitrogens with zero attached hydrogens (tertiary/aromatic N) is 3. The van der Waals surface area contributed by atoms with Crippen molar-refractivity contribution in [3.63, 3.8) is 0 Å². The summed E-state index contributed by atoms with van der Waals surface area (Å²) in [4.78, 5) is 20.9. The molecule has 2 fully saturated rings. The number of aryl methyl sites for hydroxylation is 1. The van der Waals surface area contributed by atoms with Gasteiger partial charge in [-0.15, -0.1) is 17.9 Å². The van der Waals surface area contributed by atoms with Gasteiger partial charge in [-0.1, -0.05) is 6.08 Å². The Bertz CT molecular complexity index is 499. The van der Waals surface area contributed by atoms with Gasteiger partial charge < -0.3 is 4.90 Å². The standard InChI is InChI=1S/C14H19N3OS/c1-3-5-17-12-4-6-16(13(12)7-14(17)18)8-11-9-19-10(2)15-11/h3,9,12-13H,1,4-8H2,2H3/t12-,13+/m0/s1. The molecule has 3 rings (SSSR count). The monoisotopic (exact) mass is 277 g/mol. The van der Waals surface area contributed by atoms with Crippen LogP contribution in [0.1, 0.15) is 23.5 Å². The van der Waals surface area contributed by atoms with E-state index in [0.29, 0.717) is 25.0 Å². The summed E-state index contributed by atoms with van der Waals surface area (Å²) in [7, 11) is 0. The van der Waals surface area contributed by atoms with Crippen molar-refractivity contribution < 1.29 is 4.79 Å². The minimum Gasteiger partial charge on any atom is -0.334 e. The van der Waals surface area contributed by atoms with E-state index in [-0.39, 0.29) is 5.91 Å². The van der Waals surface area contributed by atoms with Gasteiger partial charge in [-0.3, -0.25) is 9.69 Å². The number of aromatic nitrogens is 1. The third kappa shape index (κ3) is 2.32. The molecule has 0 radical (unpaired) electrons. The van der Waals surface area contributed by atoms with Crippen molar-refractivity contribution in [2.45, 2.75) is 38.4 Å². The van der Waals surface area contributed by atoms with E-state index in [4.69, 9.17) is 0 Å². The van der Waals surface area contributed by atoms with E-state index in [9.17, 15) is 4.79 Å². The molecule has 1 aromatic rings. The van der Waals surface area contributed by atoms with Crippen LogP contribution in [0.4, 0.5) is 0 Å². The molecule has 0 unspecified atom stereocenters. The molecule has 2 aliphatic rings. The van der Waals surface area contributed by atoms with Gasteiger partial charge in [0.05, 0.1) is 10.7 Å². The number of amides is 1. The lowest BCUT2D eigenvalue weighted by Gasteiger charge is -2.24. The lowest BCUT2D eigenvalue weighted by molar-refractivity contribution is -0.128. The predicted molar refractivity (Wildman–Crippen MR) is 76.0 cm³/mol. The molecule has 4 nitrogen and oxygen atoms in total. The maximum atomic E-state index is 12.0. The molecule has 2 saturated heterocycles. The van der Waals surface area contributed by atoms with Crippen molar-refractivity contribution in [3.05, 3.63) is 28.7 Å². The number of carbonyl (C=O) groups is 1. The first-order valence-electron chi connectivity index (χ1n) is 6.74. The molecule has 5 heteroatoms. The van der Waals surface area contributed by atoms with E-state index in [1.807, 2.05) is 17.9 Å². The van der Waals surface area contributed by atoms with Crippen LogP contribution in [0.15, 0.2) is 18.0 Å². The highest BCUT2D eigenvalue weighted by atomic mass is 32.1. The molecular weight excluding hydrogens is 258 g/mol. The highest BCUT2D eigenvalue weighted by Gasteiger charge is 2.46. The zero-order valence-corrected chi connectivity index (χ0v) is 12.0. The van der Waals surface area contributed by atoms with E-state index >= 15 is 0 Å². The second-order valence-corrected chi connectivity index (χ2v) is 6.35. The number of carbonyl (C=O) groups excluding carboxylic acids is 1. The fraction of sp³-hybridized carbons (Fsp3) is 0.571.